The van der Waals surface area contributed by atoms with Crippen molar-refractivity contribution in [2.45, 2.75) is 131 Å². The van der Waals surface area contributed by atoms with Crippen LogP contribution in [0.3, 0.4) is 0 Å². The lowest BCUT2D eigenvalue weighted by molar-refractivity contribution is -0.174. The van der Waals surface area contributed by atoms with Gasteiger partial charge in [0.05, 0.1) is 50.6 Å². The van der Waals surface area contributed by atoms with Gasteiger partial charge in [0.25, 0.3) is 20.7 Å². The Balaban J connectivity index is 8.82. The lowest BCUT2D eigenvalue weighted by Crippen LogP contribution is -2.65. The van der Waals surface area contributed by atoms with Crippen LogP contribution < -0.4 is 0 Å². The quantitative estimate of drug-likeness (QED) is 0.0894. The summed E-state index contributed by atoms with van der Waals surface area (Å²) >= 11 is 20.8. The van der Waals surface area contributed by atoms with Crippen molar-refractivity contribution in [3.05, 3.63) is 0 Å². The van der Waals surface area contributed by atoms with Gasteiger partial charge in [0.2, 0.25) is 0 Å². The lowest BCUT2D eigenvalue weighted by atomic mass is 9.91. The van der Waals surface area contributed by atoms with Gasteiger partial charge >= 0.3 is 41.2 Å². The minimum Gasteiger partial charge on any atom is -0.467 e. The van der Waals surface area contributed by atoms with Crippen LogP contribution in [-0.2, 0) is 64.9 Å². The molecule has 0 aliphatic carbocycles. The largest absolute Gasteiger partial charge is 0.467 e. The van der Waals surface area contributed by atoms with Crippen molar-refractivity contribution in [3.8, 4) is 0 Å². The molecule has 0 amide bonds. The Kier molecular flexibility index (Phi) is 21.6. The Labute approximate surface area is 358 Å². The van der Waals surface area contributed by atoms with Crippen LogP contribution in [0.15, 0.2) is 0 Å². The van der Waals surface area contributed by atoms with Crippen molar-refractivity contribution in [1.29, 1.82) is 0 Å². The Morgan fingerprint density at radius 3 is 0.754 bits per heavy atom. The average molecular weight is 975 g/mol. The fraction of sp³-hybridized carbons (Fsp3) is 0.857. The molecule has 21 nitrogen and oxygen atoms in total. The van der Waals surface area contributed by atoms with Gasteiger partial charge in [-0.25, -0.2) is 17.2 Å². The highest BCUT2D eigenvalue weighted by molar-refractivity contribution is 7.88. The summed E-state index contributed by atoms with van der Waals surface area (Å²) in [5.74, 6) is 0. The van der Waals surface area contributed by atoms with Crippen molar-refractivity contribution in [3.63, 3.8) is 0 Å². The van der Waals surface area contributed by atoms with Crippen molar-refractivity contribution in [2.75, 3.05) is 26.2 Å². The van der Waals surface area contributed by atoms with Gasteiger partial charge in [-0.15, -0.1) is 0 Å². The second kappa shape index (κ2) is 22.3. The van der Waals surface area contributed by atoms with Gasteiger partial charge in [-0.05, 0) is 117 Å². The van der Waals surface area contributed by atoms with Gasteiger partial charge < -0.3 is 23.7 Å². The van der Waals surface area contributed by atoms with Gasteiger partial charge in [-0.1, -0.05) is 26.7 Å². The molecule has 4 N–H and O–H groups in total. The SMILES string of the molecule is CCCC(CN(C(=S)OC(C)C)S(=O)(=O)O)(CN(C(=S)OC(C)C)S(=O)(=O)O)OC(CCC)(CN(C(=S)OC(C)C)S(=O)(=O)O)CN(C(=S)OC(C)C)S(=O)(=O)O. The first-order valence-corrected chi connectivity index (χ1v) is 24.3. The number of hydrogen-bond donors (Lipinski definition) is 4. The fourth-order valence-electron chi connectivity index (χ4n) is 5.07. The first-order valence-electron chi connectivity index (χ1n) is 17.1. The molecular weight excluding hydrogens is 921 g/mol. The third-order valence-corrected chi connectivity index (χ3v) is 12.0. The molecule has 0 aliphatic rings. The second-order valence-corrected chi connectivity index (χ2v) is 20.4. The van der Waals surface area contributed by atoms with Crippen LogP contribution in [0.4, 0.5) is 0 Å². The van der Waals surface area contributed by atoms with Gasteiger partial charge in [0, 0.05) is 0 Å². The molecule has 0 atom stereocenters. The number of nitrogens with zero attached hydrogens (tertiary/aromatic N) is 4. The number of thiocarbonyl (C=S) groups is 4. The molecule has 0 spiro atoms. The zero-order valence-corrected chi connectivity index (χ0v) is 39.6. The monoisotopic (exact) mass is 974 g/mol. The smallest absolute Gasteiger partial charge is 0.363 e. The molecule has 0 aromatic carbocycles. The molecule has 336 valence electrons. The molecule has 0 aromatic heterocycles. The summed E-state index contributed by atoms with van der Waals surface area (Å²) in [7, 11) is -21.9. The van der Waals surface area contributed by atoms with E-state index < -0.39 is 137 Å². The normalized spacial score (nSPS) is 13.1. The number of rotatable bonds is 22. The predicted molar refractivity (Wildman–Crippen MR) is 225 cm³/mol. The Hall–Kier alpha value is -1.64. The molecule has 0 radical (unpaired) electrons. The highest BCUT2D eigenvalue weighted by Crippen LogP contribution is 2.36. The molecule has 0 aromatic rings. The highest BCUT2D eigenvalue weighted by atomic mass is 32.2. The molecule has 0 saturated carbocycles. The van der Waals surface area contributed by atoms with Crippen LogP contribution in [0, 0.1) is 0 Å². The van der Waals surface area contributed by atoms with E-state index in [1.165, 1.54) is 69.2 Å². The molecule has 0 heterocycles. The van der Waals surface area contributed by atoms with E-state index in [0.29, 0.717) is 0 Å². The van der Waals surface area contributed by atoms with E-state index >= 15 is 0 Å². The molecular formula is C28H54N4O17S8. The van der Waals surface area contributed by atoms with Gasteiger partial charge in [-0.2, -0.15) is 33.7 Å². The minimum atomic E-state index is -5.47. The molecule has 0 rings (SSSR count). The zero-order chi connectivity index (χ0) is 45.1. The van der Waals surface area contributed by atoms with E-state index in [9.17, 15) is 51.9 Å². The Bertz CT molecular complexity index is 1590. The van der Waals surface area contributed by atoms with Crippen LogP contribution >= 0.6 is 48.9 Å². The molecule has 0 saturated heterocycles. The number of hydrogen-bond acceptors (Lipinski definition) is 17. The van der Waals surface area contributed by atoms with E-state index in [4.69, 9.17) is 72.6 Å². The van der Waals surface area contributed by atoms with E-state index in [1.807, 2.05) is 0 Å². The summed E-state index contributed by atoms with van der Waals surface area (Å²) in [5, 5.41) is -3.58. The van der Waals surface area contributed by atoms with Gasteiger partial charge in [-0.3, -0.25) is 18.2 Å². The first kappa shape index (κ1) is 55.4. The summed E-state index contributed by atoms with van der Waals surface area (Å²) in [4.78, 5) is 0. The maximum atomic E-state index is 13.0. The molecule has 57 heavy (non-hydrogen) atoms. The second-order valence-electron chi connectivity index (χ2n) is 13.6. The molecule has 0 bridgehead atoms. The van der Waals surface area contributed by atoms with Crippen LogP contribution in [0.2, 0.25) is 0 Å². The maximum Gasteiger partial charge on any atom is 0.363 e. The topological polar surface area (TPSA) is 277 Å². The summed E-state index contributed by atoms with van der Waals surface area (Å²) in [6.07, 6.45) is -4.35. The van der Waals surface area contributed by atoms with Crippen molar-refractivity contribution < 1.29 is 75.6 Å². The van der Waals surface area contributed by atoms with Crippen LogP contribution in [0.25, 0.3) is 0 Å². The van der Waals surface area contributed by atoms with E-state index in [1.54, 1.807) is 0 Å². The maximum absolute atomic E-state index is 13.0. The fourth-order valence-corrected chi connectivity index (χ4v) is 9.75. The van der Waals surface area contributed by atoms with Crippen LogP contribution in [0.5, 0.6) is 0 Å². The molecule has 0 aliphatic heterocycles. The average Bonchev–Trinajstić information content (AvgIpc) is 2.96. The highest BCUT2D eigenvalue weighted by Gasteiger charge is 2.52. The Morgan fingerprint density at radius 2 is 0.632 bits per heavy atom. The van der Waals surface area contributed by atoms with Crippen LogP contribution in [0.1, 0.15) is 94.9 Å². The lowest BCUT2D eigenvalue weighted by Gasteiger charge is -2.48. The summed E-state index contributed by atoms with van der Waals surface area (Å²) in [5.41, 5.74) is -5.05. The molecule has 29 heteroatoms. The third-order valence-electron chi connectivity index (χ3n) is 6.85. The van der Waals surface area contributed by atoms with Crippen molar-refractivity contribution >= 4 is 111 Å². The summed E-state index contributed by atoms with van der Waals surface area (Å²) < 4.78 is 175. The number of ether oxygens (including phenoxy) is 5. The molecule has 0 unspecified atom stereocenters. The Morgan fingerprint density at radius 1 is 0.456 bits per heavy atom. The van der Waals surface area contributed by atoms with Gasteiger partial charge in [0.1, 0.15) is 11.2 Å². The van der Waals surface area contributed by atoms with Crippen molar-refractivity contribution in [1.82, 2.24) is 17.2 Å². The van der Waals surface area contributed by atoms with Gasteiger partial charge in [0.15, 0.2) is 0 Å². The van der Waals surface area contributed by atoms with Crippen LogP contribution in [-0.4, -0.2) is 152 Å². The van der Waals surface area contributed by atoms with E-state index in [0.717, 1.165) is 0 Å². The minimum absolute atomic E-state index is 0.0653. The first-order chi connectivity index (χ1) is 25.6. The standard InChI is InChI=1S/C28H54N4O17S8/c1-11-13-27(15-29(54(33,34)35)23(50)45-19(3)4,16-30(55(36,37)38)24(51)46-20(5)6)49-28(14-12-2,17-31(56(39,40)41)25(52)47-21(7)8)18-32(57(42,43)44)26(53)48-22(9)10/h19-22H,11-18H2,1-10H3,(H,33,34,35)(H,36,37,38)(H,39,40,41)(H,42,43,44). The van der Waals surface area contributed by atoms with E-state index in [2.05, 4.69) is 0 Å². The summed E-state index contributed by atoms with van der Waals surface area (Å²) in [6.45, 7) is 9.78. The zero-order valence-electron chi connectivity index (χ0n) is 33.1. The predicted octanol–water partition coefficient (Wildman–Crippen LogP) is 3.34. The third kappa shape index (κ3) is 19.1. The summed E-state index contributed by atoms with van der Waals surface area (Å²) in [6, 6.07) is 0. The van der Waals surface area contributed by atoms with Crippen molar-refractivity contribution in [2.24, 2.45) is 0 Å². The van der Waals surface area contributed by atoms with E-state index in [-0.39, 0.29) is 30.1 Å². The molecule has 0 fully saturated rings.